The third kappa shape index (κ3) is 4.69. The first-order chi connectivity index (χ1) is 18.2. The van der Waals surface area contributed by atoms with E-state index < -0.39 is 0 Å². The van der Waals surface area contributed by atoms with Crippen LogP contribution in [0.1, 0.15) is 28.1 Å². The van der Waals surface area contributed by atoms with Crippen molar-refractivity contribution in [2.45, 2.75) is 27.3 Å². The van der Waals surface area contributed by atoms with Gasteiger partial charge in [0.1, 0.15) is 11.6 Å². The largest absolute Gasteiger partial charge is 0.363 e. The Kier molecular flexibility index (Phi) is 6.56. The first-order valence-electron chi connectivity index (χ1n) is 12.6. The number of nitrogens with zero attached hydrogens (tertiary/aromatic N) is 7. The van der Waals surface area contributed by atoms with E-state index in [0.717, 1.165) is 63.0 Å². The summed E-state index contributed by atoms with van der Waals surface area (Å²) in [6.45, 7) is 6.89. The maximum Gasteiger partial charge on any atom is 0.165 e. The van der Waals surface area contributed by atoms with Crippen molar-refractivity contribution in [1.29, 1.82) is 5.26 Å². The molecule has 38 heavy (non-hydrogen) atoms. The second-order valence-corrected chi connectivity index (χ2v) is 9.95. The van der Waals surface area contributed by atoms with Crippen LogP contribution in [0, 0.1) is 32.1 Å². The molecule has 0 saturated carbocycles. The lowest BCUT2D eigenvalue weighted by atomic mass is 10.0. The molecule has 5 rings (SSSR count). The molecule has 0 aliphatic rings. The molecule has 0 unspecified atom stereocenters. The molecule has 0 saturated heterocycles. The van der Waals surface area contributed by atoms with Crippen molar-refractivity contribution < 1.29 is 0 Å². The molecule has 0 spiro atoms. The van der Waals surface area contributed by atoms with Crippen LogP contribution in [0.5, 0.6) is 0 Å². The minimum Gasteiger partial charge on any atom is -0.363 e. The standard InChI is InChI=1S/C31H31N7/c1-20-15-28(36(4)5)33-18-27(20)30-22(3)35-38-29(16-21(2)34-31(30)38)37(6)19-24-9-13-26(14-10-24)25-11-7-23(17-32)8-12-25/h7-16,18H,19H2,1-6H3. The van der Waals surface area contributed by atoms with E-state index in [0.29, 0.717) is 5.56 Å². The maximum absolute atomic E-state index is 9.04. The first kappa shape index (κ1) is 25.0. The fraction of sp³-hybridized carbons (Fsp3) is 0.226. The van der Waals surface area contributed by atoms with E-state index in [1.165, 1.54) is 5.56 Å². The zero-order valence-electron chi connectivity index (χ0n) is 22.7. The molecule has 0 N–H and O–H groups in total. The van der Waals surface area contributed by atoms with E-state index in [2.05, 4.69) is 66.3 Å². The van der Waals surface area contributed by atoms with Crippen LogP contribution in [0.25, 0.3) is 27.9 Å². The predicted molar refractivity (Wildman–Crippen MR) is 153 cm³/mol. The van der Waals surface area contributed by atoms with Crippen LogP contribution in [-0.2, 0) is 6.54 Å². The molecule has 0 fully saturated rings. The average molecular weight is 502 g/mol. The Bertz CT molecular complexity index is 1660. The molecule has 0 amide bonds. The summed E-state index contributed by atoms with van der Waals surface area (Å²) in [6.07, 6.45) is 1.93. The number of benzene rings is 2. The Labute approximate surface area is 223 Å². The third-order valence-corrected chi connectivity index (χ3v) is 6.81. The highest BCUT2D eigenvalue weighted by molar-refractivity contribution is 5.83. The van der Waals surface area contributed by atoms with Crippen LogP contribution in [0.2, 0.25) is 0 Å². The number of hydrogen-bond acceptors (Lipinski definition) is 6. The molecule has 7 heteroatoms. The molecule has 3 heterocycles. The minimum atomic E-state index is 0.667. The second-order valence-electron chi connectivity index (χ2n) is 9.95. The fourth-order valence-corrected chi connectivity index (χ4v) is 4.75. The third-order valence-electron chi connectivity index (χ3n) is 6.81. The monoisotopic (exact) mass is 501 g/mol. The highest BCUT2D eigenvalue weighted by Gasteiger charge is 2.20. The molecule has 0 atom stereocenters. The Morgan fingerprint density at radius 3 is 2.16 bits per heavy atom. The summed E-state index contributed by atoms with van der Waals surface area (Å²) in [5, 5.41) is 14.0. The first-order valence-corrected chi connectivity index (χ1v) is 12.6. The van der Waals surface area contributed by atoms with Gasteiger partial charge in [0.25, 0.3) is 0 Å². The summed E-state index contributed by atoms with van der Waals surface area (Å²) in [5.41, 5.74) is 9.98. The molecule has 5 aromatic rings. The van der Waals surface area contributed by atoms with Gasteiger partial charge in [-0.3, -0.25) is 0 Å². The van der Waals surface area contributed by atoms with E-state index in [1.807, 2.05) is 67.8 Å². The van der Waals surface area contributed by atoms with Crippen molar-refractivity contribution in [3.05, 3.63) is 94.9 Å². The second kappa shape index (κ2) is 9.98. The molecule has 0 radical (unpaired) electrons. The highest BCUT2D eigenvalue weighted by Crippen LogP contribution is 2.33. The van der Waals surface area contributed by atoms with Crippen molar-refractivity contribution in [2.24, 2.45) is 0 Å². The normalized spacial score (nSPS) is 11.0. The van der Waals surface area contributed by atoms with Crippen LogP contribution >= 0.6 is 0 Å². The van der Waals surface area contributed by atoms with E-state index in [-0.39, 0.29) is 0 Å². The Hall–Kier alpha value is -4.70. The van der Waals surface area contributed by atoms with Gasteiger partial charge < -0.3 is 9.80 Å². The zero-order chi connectivity index (χ0) is 27.0. The lowest BCUT2D eigenvalue weighted by Gasteiger charge is -2.21. The van der Waals surface area contributed by atoms with Crippen LogP contribution in [0.4, 0.5) is 11.6 Å². The number of aryl methyl sites for hydroxylation is 3. The number of rotatable bonds is 6. The molecule has 7 nitrogen and oxygen atoms in total. The summed E-state index contributed by atoms with van der Waals surface area (Å²) in [6, 6.07) is 22.6. The molecule has 190 valence electrons. The molecule has 3 aromatic heterocycles. The van der Waals surface area contributed by atoms with Crippen molar-refractivity contribution in [2.75, 3.05) is 30.9 Å². The average Bonchev–Trinajstić information content (AvgIpc) is 3.23. The number of anilines is 2. The molecule has 0 aliphatic heterocycles. The van der Waals surface area contributed by atoms with Crippen LogP contribution in [0.15, 0.2) is 66.9 Å². The van der Waals surface area contributed by atoms with Gasteiger partial charge in [-0.1, -0.05) is 36.4 Å². The Balaban J connectivity index is 1.46. The van der Waals surface area contributed by atoms with Gasteiger partial charge in [0.15, 0.2) is 5.65 Å². The maximum atomic E-state index is 9.04. The van der Waals surface area contributed by atoms with Crippen LogP contribution in [-0.4, -0.2) is 40.7 Å². The van der Waals surface area contributed by atoms with Gasteiger partial charge in [-0.25, -0.2) is 9.97 Å². The molecule has 0 aliphatic carbocycles. The van der Waals surface area contributed by atoms with Gasteiger partial charge >= 0.3 is 0 Å². The lowest BCUT2D eigenvalue weighted by molar-refractivity contribution is 0.821. The number of hydrogen-bond donors (Lipinski definition) is 0. The van der Waals surface area contributed by atoms with Gasteiger partial charge in [0, 0.05) is 51.2 Å². The molecular formula is C31H31N7. The predicted octanol–water partition coefficient (Wildman–Crippen LogP) is 5.96. The van der Waals surface area contributed by atoms with Crippen LogP contribution in [0.3, 0.4) is 0 Å². The number of pyridine rings is 1. The molecular weight excluding hydrogens is 470 g/mol. The van der Waals surface area contributed by atoms with Gasteiger partial charge in [0.2, 0.25) is 0 Å². The van der Waals surface area contributed by atoms with Gasteiger partial charge in [-0.05, 0) is 61.2 Å². The van der Waals surface area contributed by atoms with Crippen molar-refractivity contribution in [3.8, 4) is 28.3 Å². The van der Waals surface area contributed by atoms with Crippen molar-refractivity contribution in [1.82, 2.24) is 19.6 Å². The molecule has 2 aromatic carbocycles. The Morgan fingerprint density at radius 2 is 1.55 bits per heavy atom. The SMILES string of the molecule is Cc1cc(N(C)Cc2ccc(-c3ccc(C#N)cc3)cc2)n2nc(C)c(-c3cnc(N(C)C)cc3C)c2n1. The van der Waals surface area contributed by atoms with Gasteiger partial charge in [0.05, 0.1) is 22.9 Å². The van der Waals surface area contributed by atoms with E-state index in [4.69, 9.17) is 15.3 Å². The lowest BCUT2D eigenvalue weighted by Crippen LogP contribution is -2.20. The minimum absolute atomic E-state index is 0.667. The van der Waals surface area contributed by atoms with Crippen LogP contribution < -0.4 is 9.80 Å². The Morgan fingerprint density at radius 1 is 0.895 bits per heavy atom. The summed E-state index contributed by atoms with van der Waals surface area (Å²) < 4.78 is 1.95. The summed E-state index contributed by atoms with van der Waals surface area (Å²) >= 11 is 0. The van der Waals surface area contributed by atoms with E-state index in [1.54, 1.807) is 0 Å². The number of fused-ring (bicyclic) bond motifs is 1. The van der Waals surface area contributed by atoms with Crippen molar-refractivity contribution >= 4 is 17.3 Å². The zero-order valence-corrected chi connectivity index (χ0v) is 22.7. The topological polar surface area (TPSA) is 73.3 Å². The highest BCUT2D eigenvalue weighted by atomic mass is 15.3. The quantitative estimate of drug-likeness (QED) is 0.286. The van der Waals surface area contributed by atoms with Gasteiger partial charge in [-0.2, -0.15) is 14.9 Å². The summed E-state index contributed by atoms with van der Waals surface area (Å²) in [4.78, 5) is 13.8. The number of aromatic nitrogens is 4. The van der Waals surface area contributed by atoms with Crippen molar-refractivity contribution in [3.63, 3.8) is 0 Å². The summed E-state index contributed by atoms with van der Waals surface area (Å²) in [7, 11) is 6.07. The summed E-state index contributed by atoms with van der Waals surface area (Å²) in [5.74, 6) is 1.91. The smallest absolute Gasteiger partial charge is 0.165 e. The van der Waals surface area contributed by atoms with E-state index >= 15 is 0 Å². The number of nitriles is 1. The van der Waals surface area contributed by atoms with E-state index in [9.17, 15) is 0 Å². The van der Waals surface area contributed by atoms with Gasteiger partial charge in [-0.15, -0.1) is 0 Å². The fourth-order valence-electron chi connectivity index (χ4n) is 4.75. The molecule has 0 bridgehead atoms.